The van der Waals surface area contributed by atoms with Crippen molar-refractivity contribution in [2.24, 2.45) is 52.3 Å². The van der Waals surface area contributed by atoms with Crippen molar-refractivity contribution in [1.29, 1.82) is 0 Å². The standard InChI is InChI=1S/C27H48O11S2.2Na/c1-15(2)6-5-7-16(14-37-39(31,32)33)18-10-11-19-17-8-9-20-23(28)21(38-40(34,35)36)12-13-26(20,3)22(17)24(29)25(30)27(18,19)4;;/h15-25,28-30H,5-14H2,1-4H3,(H,31,32,33)(H,34,35,36);;/q;2*+1/p-2/t16-,17-,18+,19-,20?,21+,22+,23-,24+,25+,26-,27+;;/m0../s1. The Morgan fingerprint density at radius 2 is 1.48 bits per heavy atom. The van der Waals surface area contributed by atoms with E-state index in [4.69, 9.17) is 4.18 Å². The number of fused-ring (bicyclic) bond motifs is 5. The van der Waals surface area contributed by atoms with Crippen LogP contribution < -0.4 is 59.1 Å². The third-order valence-electron chi connectivity index (χ3n) is 11.5. The van der Waals surface area contributed by atoms with E-state index in [0.29, 0.717) is 38.0 Å². The number of aliphatic hydroxyl groups is 3. The van der Waals surface area contributed by atoms with Crippen LogP contribution in [0, 0.1) is 52.3 Å². The van der Waals surface area contributed by atoms with Crippen molar-refractivity contribution in [3.63, 3.8) is 0 Å². The average molecular weight is 657 g/mol. The summed E-state index contributed by atoms with van der Waals surface area (Å²) >= 11 is 0. The summed E-state index contributed by atoms with van der Waals surface area (Å²) < 4.78 is 77.2. The molecular formula is C27H46Na2O11S2. The van der Waals surface area contributed by atoms with Crippen molar-refractivity contribution < 1.29 is 109 Å². The van der Waals surface area contributed by atoms with E-state index in [-0.39, 0.29) is 102 Å². The fourth-order valence-electron chi connectivity index (χ4n) is 9.80. The summed E-state index contributed by atoms with van der Waals surface area (Å²) in [5.41, 5.74) is -1.33. The fraction of sp³-hybridized carbons (Fsp3) is 1.00. The molecule has 234 valence electrons. The summed E-state index contributed by atoms with van der Waals surface area (Å²) in [6.07, 6.45) is 1.13. The molecule has 0 bridgehead atoms. The Labute approximate surface area is 295 Å². The van der Waals surface area contributed by atoms with Crippen molar-refractivity contribution >= 4 is 20.8 Å². The first-order valence-electron chi connectivity index (χ1n) is 14.7. The smallest absolute Gasteiger partial charge is 0.726 e. The van der Waals surface area contributed by atoms with E-state index in [1.807, 2.05) is 13.8 Å². The molecule has 0 heterocycles. The van der Waals surface area contributed by atoms with Gasteiger partial charge in [-0.3, -0.25) is 8.37 Å². The Hall–Kier alpha value is 1.62. The molecule has 0 aromatic heterocycles. The van der Waals surface area contributed by atoms with Crippen molar-refractivity contribution in [1.82, 2.24) is 0 Å². The summed E-state index contributed by atoms with van der Waals surface area (Å²) in [4.78, 5) is 0. The maximum Gasteiger partial charge on any atom is 1.00 e. The van der Waals surface area contributed by atoms with Gasteiger partial charge in [-0.15, -0.1) is 0 Å². The Morgan fingerprint density at radius 3 is 2.05 bits per heavy atom. The van der Waals surface area contributed by atoms with Gasteiger partial charge in [0.15, 0.2) is 0 Å². The second-order valence-electron chi connectivity index (χ2n) is 13.8. The number of hydrogen-bond donors (Lipinski definition) is 3. The number of rotatable bonds is 10. The average Bonchev–Trinajstić information content (AvgIpc) is 3.18. The van der Waals surface area contributed by atoms with Crippen LogP contribution in [0.2, 0.25) is 0 Å². The maximum atomic E-state index is 11.8. The number of hydrogen-bond acceptors (Lipinski definition) is 11. The third-order valence-corrected chi connectivity index (χ3v) is 12.4. The largest absolute Gasteiger partial charge is 1.00 e. The summed E-state index contributed by atoms with van der Waals surface area (Å²) in [7, 11) is -9.86. The van der Waals surface area contributed by atoms with Crippen molar-refractivity contribution in [3.8, 4) is 0 Å². The normalized spacial score (nSPS) is 42.5. The van der Waals surface area contributed by atoms with Crippen LogP contribution in [0.4, 0.5) is 0 Å². The molecule has 1 unspecified atom stereocenters. The molecule has 0 amide bonds. The Kier molecular flexibility index (Phi) is 14.0. The van der Waals surface area contributed by atoms with Crippen LogP contribution in [0.15, 0.2) is 0 Å². The summed E-state index contributed by atoms with van der Waals surface area (Å²) in [6.45, 7) is 7.92. The Morgan fingerprint density at radius 1 is 0.857 bits per heavy atom. The van der Waals surface area contributed by atoms with Crippen LogP contribution >= 0.6 is 0 Å². The molecule has 0 radical (unpaired) electrons. The molecule has 4 fully saturated rings. The van der Waals surface area contributed by atoms with Gasteiger partial charge in [-0.1, -0.05) is 40.5 Å². The summed E-state index contributed by atoms with van der Waals surface area (Å²) in [6, 6.07) is 0. The Bertz CT molecular complexity index is 1120. The third kappa shape index (κ3) is 8.01. The Balaban J connectivity index is 0.00000308. The van der Waals surface area contributed by atoms with Gasteiger partial charge in [0.25, 0.3) is 0 Å². The van der Waals surface area contributed by atoms with Crippen LogP contribution in [0.1, 0.15) is 85.5 Å². The van der Waals surface area contributed by atoms with E-state index in [1.54, 1.807) is 0 Å². The minimum Gasteiger partial charge on any atom is -0.726 e. The zero-order chi connectivity index (χ0) is 29.8. The first-order valence-corrected chi connectivity index (χ1v) is 17.3. The van der Waals surface area contributed by atoms with E-state index in [0.717, 1.165) is 19.3 Å². The van der Waals surface area contributed by atoms with E-state index in [2.05, 4.69) is 18.0 Å². The number of aliphatic hydroxyl groups excluding tert-OH is 3. The summed E-state index contributed by atoms with van der Waals surface area (Å²) in [5.74, 6) is -0.663. The van der Waals surface area contributed by atoms with Crippen LogP contribution in [0.3, 0.4) is 0 Å². The molecule has 0 aromatic carbocycles. The molecule has 11 nitrogen and oxygen atoms in total. The van der Waals surface area contributed by atoms with Gasteiger partial charge in [0, 0.05) is 5.41 Å². The van der Waals surface area contributed by atoms with Crippen LogP contribution in [-0.2, 0) is 29.2 Å². The van der Waals surface area contributed by atoms with E-state index < -0.39 is 62.0 Å². The predicted octanol–water partition coefficient (Wildman–Crippen LogP) is -3.67. The molecule has 3 N–H and O–H groups in total. The molecule has 42 heavy (non-hydrogen) atoms. The first-order chi connectivity index (χ1) is 18.4. The zero-order valence-electron chi connectivity index (χ0n) is 25.8. The van der Waals surface area contributed by atoms with Crippen molar-refractivity contribution in [3.05, 3.63) is 0 Å². The van der Waals surface area contributed by atoms with Gasteiger partial charge in [0.1, 0.15) is 6.10 Å². The van der Waals surface area contributed by atoms with Gasteiger partial charge in [-0.2, -0.15) is 0 Å². The van der Waals surface area contributed by atoms with E-state index >= 15 is 0 Å². The SMILES string of the molecule is CC(C)CCC[C@@H](COS(=O)(=O)[O-])[C@H]1CC[C@H]2[C@@H]3CCC4[C@H](O)[C@H](OS(=O)(=O)[O-])CC[C@]4(C)[C@H]3[C@@H](O)[C@@H](O)[C@]12C.[Na+].[Na+]. The second kappa shape index (κ2) is 14.8. The quantitative estimate of drug-likeness (QED) is 0.119. The first kappa shape index (κ1) is 39.8. The molecule has 0 saturated heterocycles. The molecule has 0 spiro atoms. The molecule has 4 aliphatic rings. The van der Waals surface area contributed by atoms with Gasteiger partial charge in [-0.25, -0.2) is 16.8 Å². The molecular weight excluding hydrogens is 610 g/mol. The van der Waals surface area contributed by atoms with Gasteiger partial charge in [0.05, 0.1) is 24.9 Å². The minimum absolute atomic E-state index is 0. The zero-order valence-corrected chi connectivity index (χ0v) is 31.5. The fourth-order valence-corrected chi connectivity index (χ4v) is 10.7. The molecule has 4 saturated carbocycles. The van der Waals surface area contributed by atoms with Gasteiger partial charge in [-0.05, 0) is 91.8 Å². The molecule has 12 atom stereocenters. The molecule has 0 aromatic rings. The molecule has 15 heteroatoms. The van der Waals surface area contributed by atoms with Crippen LogP contribution in [-0.4, -0.2) is 72.3 Å². The molecule has 0 aliphatic heterocycles. The van der Waals surface area contributed by atoms with Gasteiger partial charge >= 0.3 is 59.1 Å². The van der Waals surface area contributed by atoms with E-state index in [1.165, 1.54) is 0 Å². The van der Waals surface area contributed by atoms with Crippen molar-refractivity contribution in [2.75, 3.05) is 6.61 Å². The van der Waals surface area contributed by atoms with Gasteiger partial charge in [0.2, 0.25) is 20.8 Å². The molecule has 4 rings (SSSR count). The topological polar surface area (TPSA) is 194 Å². The monoisotopic (exact) mass is 656 g/mol. The maximum absolute atomic E-state index is 11.8. The predicted molar refractivity (Wildman–Crippen MR) is 142 cm³/mol. The van der Waals surface area contributed by atoms with Gasteiger partial charge < -0.3 is 24.4 Å². The van der Waals surface area contributed by atoms with E-state index in [9.17, 15) is 41.3 Å². The molecule has 4 aliphatic carbocycles. The van der Waals surface area contributed by atoms with Crippen LogP contribution in [0.5, 0.6) is 0 Å². The second-order valence-corrected chi connectivity index (χ2v) is 15.9. The van der Waals surface area contributed by atoms with Crippen molar-refractivity contribution in [2.45, 2.75) is 110 Å². The minimum atomic E-state index is -4.98. The summed E-state index contributed by atoms with van der Waals surface area (Å²) in [5, 5.41) is 34.6. The van der Waals surface area contributed by atoms with Crippen LogP contribution in [0.25, 0.3) is 0 Å².